The van der Waals surface area contributed by atoms with Gasteiger partial charge in [-0.2, -0.15) is 26.3 Å². The van der Waals surface area contributed by atoms with Gasteiger partial charge < -0.3 is 9.84 Å². The predicted molar refractivity (Wildman–Crippen MR) is 104 cm³/mol. The van der Waals surface area contributed by atoms with Crippen molar-refractivity contribution in [2.75, 3.05) is 13.2 Å². The van der Waals surface area contributed by atoms with Crippen molar-refractivity contribution in [3.05, 3.63) is 35.4 Å². The Balaban J connectivity index is 2.24. The standard InChI is InChI=1S/C18H17F6NO4S2/c1-2-29-15(30)31-10(9-16(28,17(19,20)21)18(22,23)24)7-8-25-13(26)11-5-3-4-6-12(11)14(25)27/h3-6,10,28H,2,7-9H2,1H3. The molecule has 2 amide bonds. The van der Waals surface area contributed by atoms with Crippen molar-refractivity contribution in [1.29, 1.82) is 0 Å². The number of nitrogens with zero attached hydrogens (tertiary/aromatic N) is 1. The van der Waals surface area contributed by atoms with E-state index in [0.717, 1.165) is 4.90 Å². The molecule has 0 spiro atoms. The number of thiocarbonyl (C=S) groups is 1. The number of benzene rings is 1. The molecule has 172 valence electrons. The minimum absolute atomic E-state index is 0.0275. The number of alkyl halides is 6. The molecule has 0 radical (unpaired) electrons. The molecular formula is C18H17F6NO4S2. The van der Waals surface area contributed by atoms with Gasteiger partial charge in [0.25, 0.3) is 17.4 Å². The van der Waals surface area contributed by atoms with Gasteiger partial charge in [0.05, 0.1) is 17.7 Å². The van der Waals surface area contributed by atoms with E-state index in [1.165, 1.54) is 31.2 Å². The zero-order chi connectivity index (χ0) is 23.6. The summed E-state index contributed by atoms with van der Waals surface area (Å²) in [6.07, 6.45) is -14.3. The second-order valence-electron chi connectivity index (χ2n) is 6.58. The Labute approximate surface area is 182 Å². The van der Waals surface area contributed by atoms with Crippen molar-refractivity contribution >= 4 is 40.2 Å². The molecule has 0 aliphatic carbocycles. The van der Waals surface area contributed by atoms with Crippen LogP contribution in [0.25, 0.3) is 0 Å². The Morgan fingerprint density at radius 2 is 1.58 bits per heavy atom. The van der Waals surface area contributed by atoms with Gasteiger partial charge in [0.1, 0.15) is 0 Å². The average molecular weight is 489 g/mol. The van der Waals surface area contributed by atoms with E-state index in [1.54, 1.807) is 0 Å². The van der Waals surface area contributed by atoms with Gasteiger partial charge in [0, 0.05) is 18.2 Å². The first kappa shape index (κ1) is 25.4. The van der Waals surface area contributed by atoms with E-state index in [9.17, 15) is 41.0 Å². The number of hydrogen-bond donors (Lipinski definition) is 1. The van der Waals surface area contributed by atoms with Crippen LogP contribution in [0.4, 0.5) is 26.3 Å². The SMILES string of the molecule is CCOC(=S)SC(CCN1C(=O)c2ccccc2C1=O)CC(O)(C(F)(F)F)C(F)(F)F. The average Bonchev–Trinajstić information content (AvgIpc) is 2.89. The Bertz CT molecular complexity index is 809. The van der Waals surface area contributed by atoms with Gasteiger partial charge in [0.2, 0.25) is 4.38 Å². The lowest BCUT2D eigenvalue weighted by Crippen LogP contribution is -2.58. The number of thioether (sulfide) groups is 1. The molecule has 1 atom stereocenters. The summed E-state index contributed by atoms with van der Waals surface area (Å²) in [5.74, 6) is -1.42. The molecule has 31 heavy (non-hydrogen) atoms. The number of carbonyl (C=O) groups is 2. The highest BCUT2D eigenvalue weighted by atomic mass is 32.2. The van der Waals surface area contributed by atoms with Crippen LogP contribution in [-0.4, -0.2) is 62.6 Å². The molecule has 0 fully saturated rings. The number of halogens is 6. The number of ether oxygens (including phenoxy) is 1. The third-order valence-electron chi connectivity index (χ3n) is 4.54. The minimum atomic E-state index is -6.01. The molecule has 1 aliphatic rings. The Hall–Kier alpha value is -1.86. The molecule has 1 aromatic rings. The lowest BCUT2D eigenvalue weighted by atomic mass is 9.94. The van der Waals surface area contributed by atoms with Gasteiger partial charge in [-0.1, -0.05) is 23.9 Å². The van der Waals surface area contributed by atoms with Crippen LogP contribution < -0.4 is 0 Å². The van der Waals surface area contributed by atoms with Crippen molar-refractivity contribution in [3.63, 3.8) is 0 Å². The number of fused-ring (bicyclic) bond motifs is 1. The number of imide groups is 1. The zero-order valence-corrected chi connectivity index (χ0v) is 17.6. The van der Waals surface area contributed by atoms with Crippen molar-refractivity contribution in [1.82, 2.24) is 4.90 Å². The van der Waals surface area contributed by atoms with E-state index >= 15 is 0 Å². The molecule has 2 rings (SSSR count). The molecule has 1 unspecified atom stereocenters. The predicted octanol–water partition coefficient (Wildman–Crippen LogP) is 4.34. The highest BCUT2D eigenvalue weighted by molar-refractivity contribution is 8.23. The van der Waals surface area contributed by atoms with Gasteiger partial charge in [-0.05, 0) is 37.7 Å². The summed E-state index contributed by atoms with van der Waals surface area (Å²) in [6, 6.07) is 5.80. The van der Waals surface area contributed by atoms with E-state index in [1.807, 2.05) is 0 Å². The van der Waals surface area contributed by atoms with Crippen LogP contribution in [0.15, 0.2) is 24.3 Å². The van der Waals surface area contributed by atoms with Crippen LogP contribution in [0.2, 0.25) is 0 Å². The van der Waals surface area contributed by atoms with Crippen LogP contribution in [0.1, 0.15) is 40.5 Å². The van der Waals surface area contributed by atoms with Crippen LogP contribution in [-0.2, 0) is 4.74 Å². The number of aliphatic hydroxyl groups is 1. The zero-order valence-electron chi connectivity index (χ0n) is 15.9. The van der Waals surface area contributed by atoms with Crippen LogP contribution in [0.3, 0.4) is 0 Å². The first-order chi connectivity index (χ1) is 14.2. The summed E-state index contributed by atoms with van der Waals surface area (Å²) < 4.78 is 83.4. The summed E-state index contributed by atoms with van der Waals surface area (Å²) in [5.41, 5.74) is -4.83. The molecule has 0 saturated carbocycles. The van der Waals surface area contributed by atoms with Crippen molar-refractivity contribution in [2.45, 2.75) is 43.0 Å². The molecule has 5 nitrogen and oxygen atoms in total. The minimum Gasteiger partial charge on any atom is -0.479 e. The molecule has 1 heterocycles. The van der Waals surface area contributed by atoms with Crippen molar-refractivity contribution < 1.29 is 45.8 Å². The fourth-order valence-corrected chi connectivity index (χ4v) is 4.46. The second kappa shape index (κ2) is 9.33. The highest BCUT2D eigenvalue weighted by Gasteiger charge is 2.70. The van der Waals surface area contributed by atoms with Gasteiger partial charge in [-0.3, -0.25) is 14.5 Å². The van der Waals surface area contributed by atoms with Crippen LogP contribution >= 0.6 is 24.0 Å². The van der Waals surface area contributed by atoms with E-state index in [2.05, 4.69) is 0 Å². The summed E-state index contributed by atoms with van der Waals surface area (Å²) in [5, 5.41) is 7.98. The first-order valence-corrected chi connectivity index (χ1v) is 10.2. The molecule has 1 aliphatic heterocycles. The molecule has 0 bridgehead atoms. The lowest BCUT2D eigenvalue weighted by molar-refractivity contribution is -0.369. The molecule has 0 aromatic heterocycles. The monoisotopic (exact) mass is 489 g/mol. The normalized spacial score (nSPS) is 15.8. The topological polar surface area (TPSA) is 66.8 Å². The first-order valence-electron chi connectivity index (χ1n) is 8.87. The summed E-state index contributed by atoms with van der Waals surface area (Å²) in [7, 11) is 0. The molecule has 1 N–H and O–H groups in total. The summed E-state index contributed by atoms with van der Waals surface area (Å²) in [6.45, 7) is 1.08. The summed E-state index contributed by atoms with van der Waals surface area (Å²) in [4.78, 5) is 25.5. The molecular weight excluding hydrogens is 472 g/mol. The van der Waals surface area contributed by atoms with Gasteiger partial charge in [-0.15, -0.1) is 0 Å². The highest BCUT2D eigenvalue weighted by Crippen LogP contribution is 2.47. The Morgan fingerprint density at radius 1 is 1.10 bits per heavy atom. The van der Waals surface area contributed by atoms with Crippen LogP contribution in [0, 0.1) is 0 Å². The fourth-order valence-electron chi connectivity index (χ4n) is 2.93. The maximum absolute atomic E-state index is 13.1. The third kappa shape index (κ3) is 5.32. The maximum atomic E-state index is 13.1. The van der Waals surface area contributed by atoms with Gasteiger partial charge >= 0.3 is 12.4 Å². The smallest absolute Gasteiger partial charge is 0.426 e. The Kier molecular flexibility index (Phi) is 7.64. The number of rotatable bonds is 7. The number of amides is 2. The van der Waals surface area contributed by atoms with Gasteiger partial charge in [0.15, 0.2) is 0 Å². The fraction of sp³-hybridized carbons (Fsp3) is 0.500. The third-order valence-corrected chi connectivity index (χ3v) is 5.99. The van der Waals surface area contributed by atoms with E-state index in [-0.39, 0.29) is 22.1 Å². The second-order valence-corrected chi connectivity index (χ2v) is 8.48. The Morgan fingerprint density at radius 3 is 2.00 bits per heavy atom. The van der Waals surface area contributed by atoms with E-state index in [0.29, 0.717) is 11.8 Å². The largest absolute Gasteiger partial charge is 0.479 e. The van der Waals surface area contributed by atoms with E-state index in [4.69, 9.17) is 17.0 Å². The van der Waals surface area contributed by atoms with Crippen molar-refractivity contribution in [2.24, 2.45) is 0 Å². The molecule has 13 heteroatoms. The van der Waals surface area contributed by atoms with Crippen molar-refractivity contribution in [3.8, 4) is 0 Å². The van der Waals surface area contributed by atoms with E-state index < -0.39 is 54.4 Å². The van der Waals surface area contributed by atoms with Gasteiger partial charge in [-0.25, -0.2) is 0 Å². The maximum Gasteiger partial charge on any atom is 0.426 e. The molecule has 0 saturated heterocycles. The number of carbonyl (C=O) groups excluding carboxylic acids is 2. The number of hydrogen-bond acceptors (Lipinski definition) is 6. The summed E-state index contributed by atoms with van der Waals surface area (Å²) >= 11 is 5.20. The van der Waals surface area contributed by atoms with Crippen LogP contribution in [0.5, 0.6) is 0 Å². The molecule has 1 aromatic carbocycles. The lowest BCUT2D eigenvalue weighted by Gasteiger charge is -2.35. The quantitative estimate of drug-likeness (QED) is 0.349.